The van der Waals surface area contributed by atoms with Gasteiger partial charge in [-0.2, -0.15) is 10.5 Å². The van der Waals surface area contributed by atoms with Gasteiger partial charge < -0.3 is 4.57 Å². The van der Waals surface area contributed by atoms with Crippen molar-refractivity contribution >= 4 is 5.57 Å². The topological polar surface area (TPSA) is 65.4 Å². The van der Waals surface area contributed by atoms with E-state index in [1.807, 2.05) is 73.1 Å². The first-order chi connectivity index (χ1) is 15.2. The molecule has 0 fully saturated rings. The average Bonchev–Trinajstić information content (AvgIpc) is 3.28. The molecule has 148 valence electrons. The molecule has 31 heavy (non-hydrogen) atoms. The molecule has 0 amide bonds. The van der Waals surface area contributed by atoms with Crippen LogP contribution in [-0.2, 0) is 13.0 Å². The van der Waals surface area contributed by atoms with E-state index in [0.29, 0.717) is 17.5 Å². The van der Waals surface area contributed by atoms with Gasteiger partial charge in [-0.15, -0.1) is 0 Å². The van der Waals surface area contributed by atoms with Gasteiger partial charge in [-0.25, -0.2) is 4.98 Å². The summed E-state index contributed by atoms with van der Waals surface area (Å²) in [7, 11) is 0. The summed E-state index contributed by atoms with van der Waals surface area (Å²) in [5.41, 5.74) is 6.56. The lowest BCUT2D eigenvalue weighted by molar-refractivity contribution is 0.796. The Morgan fingerprint density at radius 1 is 0.806 bits per heavy atom. The largest absolute Gasteiger partial charge is 0.333 e. The molecule has 0 N–H and O–H groups in total. The molecular weight excluding hydrogens is 380 g/mol. The molecule has 4 nitrogen and oxygen atoms in total. The Kier molecular flexibility index (Phi) is 6.02. The Balaban J connectivity index is 1.60. The van der Waals surface area contributed by atoms with E-state index in [1.54, 1.807) is 0 Å². The molecule has 3 aromatic carbocycles. The van der Waals surface area contributed by atoms with E-state index in [2.05, 4.69) is 46.1 Å². The maximum Gasteiger partial charge on any atom is 0.0991 e. The molecule has 1 heterocycles. The summed E-state index contributed by atoms with van der Waals surface area (Å²) in [6.45, 7) is 0.787. The van der Waals surface area contributed by atoms with E-state index in [9.17, 15) is 0 Å². The van der Waals surface area contributed by atoms with Crippen LogP contribution < -0.4 is 0 Å². The van der Waals surface area contributed by atoms with Crippen molar-refractivity contribution in [2.45, 2.75) is 13.0 Å². The smallest absolute Gasteiger partial charge is 0.0991 e. The molecule has 0 aliphatic heterocycles. The zero-order valence-electron chi connectivity index (χ0n) is 16.9. The molecule has 1 aromatic heterocycles. The van der Waals surface area contributed by atoms with Gasteiger partial charge in [0, 0.05) is 19.2 Å². The number of hydrogen-bond acceptors (Lipinski definition) is 3. The third kappa shape index (κ3) is 4.96. The second kappa shape index (κ2) is 9.39. The van der Waals surface area contributed by atoms with Gasteiger partial charge in [0.15, 0.2) is 0 Å². The Hall–Kier alpha value is -4.41. The highest BCUT2D eigenvalue weighted by Crippen LogP contribution is 2.25. The van der Waals surface area contributed by atoms with Crippen LogP contribution >= 0.6 is 0 Å². The van der Waals surface area contributed by atoms with Crippen LogP contribution in [0.15, 0.2) is 97.5 Å². The van der Waals surface area contributed by atoms with E-state index in [-0.39, 0.29) is 0 Å². The summed E-state index contributed by atoms with van der Waals surface area (Å²) in [6.07, 6.45) is 6.76. The van der Waals surface area contributed by atoms with Crippen LogP contribution in [0.4, 0.5) is 0 Å². The molecule has 0 aliphatic carbocycles. The first kappa shape index (κ1) is 19.9. The summed E-state index contributed by atoms with van der Waals surface area (Å²) in [5, 5.41) is 18.2. The van der Waals surface area contributed by atoms with Crippen molar-refractivity contribution in [2.75, 3.05) is 0 Å². The Bertz CT molecular complexity index is 1210. The normalized spacial score (nSPS) is 10.1. The highest BCUT2D eigenvalue weighted by molar-refractivity contribution is 5.80. The van der Waals surface area contributed by atoms with Crippen LogP contribution in [0.5, 0.6) is 0 Å². The monoisotopic (exact) mass is 400 g/mol. The number of aromatic nitrogens is 2. The first-order valence-electron chi connectivity index (χ1n) is 10.0. The van der Waals surface area contributed by atoms with Crippen molar-refractivity contribution in [1.29, 1.82) is 10.5 Å². The highest BCUT2D eigenvalue weighted by Gasteiger charge is 2.07. The van der Waals surface area contributed by atoms with Gasteiger partial charge in [0.05, 0.1) is 35.3 Å². The molecule has 0 saturated carbocycles. The van der Waals surface area contributed by atoms with E-state index in [1.165, 1.54) is 5.56 Å². The summed E-state index contributed by atoms with van der Waals surface area (Å²) < 4.78 is 2.08. The van der Waals surface area contributed by atoms with Crippen molar-refractivity contribution in [3.05, 3.63) is 131 Å². The number of nitriles is 2. The number of benzene rings is 3. The molecule has 0 atom stereocenters. The molecule has 4 heteroatoms. The van der Waals surface area contributed by atoms with E-state index >= 15 is 0 Å². The third-order valence-corrected chi connectivity index (χ3v) is 5.06. The maximum absolute atomic E-state index is 9.10. The summed E-state index contributed by atoms with van der Waals surface area (Å²) in [5.74, 6) is 0. The Labute approximate surface area is 182 Å². The molecule has 0 radical (unpaired) electrons. The van der Waals surface area contributed by atoms with Crippen molar-refractivity contribution in [3.8, 4) is 12.1 Å². The second-order valence-electron chi connectivity index (χ2n) is 7.22. The molecule has 0 bridgehead atoms. The minimum atomic E-state index is 0.627. The van der Waals surface area contributed by atoms with Gasteiger partial charge in [0.25, 0.3) is 0 Å². The summed E-state index contributed by atoms with van der Waals surface area (Å²) in [6, 6.07) is 29.7. The van der Waals surface area contributed by atoms with Crippen LogP contribution in [0.3, 0.4) is 0 Å². The van der Waals surface area contributed by atoms with Gasteiger partial charge in [0.1, 0.15) is 0 Å². The Morgan fingerprint density at radius 3 is 1.94 bits per heavy atom. The Morgan fingerprint density at radius 2 is 1.39 bits per heavy atom. The zero-order valence-corrected chi connectivity index (χ0v) is 16.9. The third-order valence-electron chi connectivity index (χ3n) is 5.06. The molecule has 0 aliphatic rings. The van der Waals surface area contributed by atoms with Gasteiger partial charge in [-0.05, 0) is 46.5 Å². The summed E-state index contributed by atoms with van der Waals surface area (Å²) in [4.78, 5) is 4.56. The zero-order chi connectivity index (χ0) is 21.5. The van der Waals surface area contributed by atoms with Crippen LogP contribution in [0.1, 0.15) is 33.5 Å². The molecule has 0 saturated heterocycles. The number of allylic oxidation sites excluding steroid dienone is 1. The lowest BCUT2D eigenvalue weighted by Crippen LogP contribution is -1.95. The fourth-order valence-corrected chi connectivity index (χ4v) is 3.45. The summed E-state index contributed by atoms with van der Waals surface area (Å²) >= 11 is 0. The second-order valence-corrected chi connectivity index (χ2v) is 7.22. The molecular formula is C27H20N4. The van der Waals surface area contributed by atoms with E-state index < -0.39 is 0 Å². The highest BCUT2D eigenvalue weighted by atomic mass is 15.0. The standard InChI is InChI=1S/C27H20N4/c28-16-21-6-10-24(11-7-21)27(25-12-8-22(17-29)9-13-25)15-14-26-19-31(20-30-26)18-23-4-2-1-3-5-23/h1-13,15,19-20H,14,18H2. The first-order valence-corrected chi connectivity index (χ1v) is 10.0. The van der Waals surface area contributed by atoms with Crippen LogP contribution in [-0.4, -0.2) is 9.55 Å². The minimum Gasteiger partial charge on any atom is -0.333 e. The minimum absolute atomic E-state index is 0.627. The number of hydrogen-bond donors (Lipinski definition) is 0. The number of nitrogens with zero attached hydrogens (tertiary/aromatic N) is 4. The molecule has 4 aromatic rings. The lowest BCUT2D eigenvalue weighted by atomic mass is 9.95. The SMILES string of the molecule is N#Cc1ccc(C(=CCc2cn(Cc3ccccc3)cn2)c2ccc(C#N)cc2)cc1. The molecule has 0 spiro atoms. The molecule has 4 rings (SSSR count). The quantitative estimate of drug-likeness (QED) is 0.438. The number of imidazole rings is 1. The van der Waals surface area contributed by atoms with E-state index in [0.717, 1.165) is 28.9 Å². The van der Waals surface area contributed by atoms with Gasteiger partial charge in [-0.1, -0.05) is 60.7 Å². The van der Waals surface area contributed by atoms with Gasteiger partial charge >= 0.3 is 0 Å². The fraction of sp³-hybridized carbons (Fsp3) is 0.0741. The van der Waals surface area contributed by atoms with Crippen LogP contribution in [0, 0.1) is 22.7 Å². The predicted molar refractivity (Wildman–Crippen MR) is 121 cm³/mol. The van der Waals surface area contributed by atoms with Crippen molar-refractivity contribution in [1.82, 2.24) is 9.55 Å². The van der Waals surface area contributed by atoms with Gasteiger partial charge in [-0.3, -0.25) is 0 Å². The van der Waals surface area contributed by atoms with Crippen molar-refractivity contribution in [2.24, 2.45) is 0 Å². The average molecular weight is 400 g/mol. The van der Waals surface area contributed by atoms with Crippen LogP contribution in [0.25, 0.3) is 5.57 Å². The number of rotatable bonds is 6. The van der Waals surface area contributed by atoms with Crippen molar-refractivity contribution < 1.29 is 0 Å². The predicted octanol–water partition coefficient (Wildman–Crippen LogP) is 5.35. The van der Waals surface area contributed by atoms with Crippen molar-refractivity contribution in [3.63, 3.8) is 0 Å². The van der Waals surface area contributed by atoms with Gasteiger partial charge in [0.2, 0.25) is 0 Å². The van der Waals surface area contributed by atoms with E-state index in [4.69, 9.17) is 10.5 Å². The molecule has 0 unspecified atom stereocenters. The van der Waals surface area contributed by atoms with Crippen LogP contribution in [0.2, 0.25) is 0 Å². The maximum atomic E-state index is 9.10. The fourth-order valence-electron chi connectivity index (χ4n) is 3.45. The lowest BCUT2D eigenvalue weighted by Gasteiger charge is -2.09.